The molecule has 1 aromatic carbocycles. The Kier molecular flexibility index (Phi) is 12.3. The Balaban J connectivity index is 1.67. The number of benzene rings is 1. The molecule has 42 heavy (non-hydrogen) atoms. The average Bonchev–Trinajstić information content (AvgIpc) is 3.68. The van der Waals surface area contributed by atoms with Gasteiger partial charge >= 0.3 is 6.09 Å². The summed E-state index contributed by atoms with van der Waals surface area (Å²) >= 11 is 0. The zero-order chi connectivity index (χ0) is 30.9. The topological polar surface area (TPSA) is 119 Å². The van der Waals surface area contributed by atoms with Crippen LogP contribution in [0.2, 0.25) is 0 Å². The van der Waals surface area contributed by atoms with E-state index in [9.17, 15) is 14.4 Å². The van der Waals surface area contributed by atoms with E-state index in [4.69, 9.17) is 18.9 Å². The number of amides is 3. The average molecular weight is 591 g/mol. The number of hydrogen-bond donors (Lipinski definition) is 2. The van der Waals surface area contributed by atoms with Gasteiger partial charge in [0.15, 0.2) is 11.5 Å². The van der Waals surface area contributed by atoms with Gasteiger partial charge in [-0.15, -0.1) is 0 Å². The quantitative estimate of drug-likeness (QED) is 0.282. The Bertz CT molecular complexity index is 1060. The van der Waals surface area contributed by atoms with Crippen molar-refractivity contribution in [2.24, 2.45) is 11.8 Å². The van der Waals surface area contributed by atoms with Crippen LogP contribution in [0.3, 0.4) is 0 Å². The van der Waals surface area contributed by atoms with Gasteiger partial charge in [-0.05, 0) is 70.6 Å². The first-order chi connectivity index (χ1) is 20.0. The summed E-state index contributed by atoms with van der Waals surface area (Å²) in [6.07, 6.45) is 2.29. The number of hydrogen-bond acceptors (Lipinski definition) is 8. The van der Waals surface area contributed by atoms with Crippen LogP contribution in [0.25, 0.3) is 0 Å². The first-order valence-corrected chi connectivity index (χ1v) is 15.0. The summed E-state index contributed by atoms with van der Waals surface area (Å²) in [6, 6.07) is 5.44. The molecule has 11 heteroatoms. The number of methoxy groups -OCH3 is 2. The second-order valence-electron chi connectivity index (χ2n) is 12.3. The molecule has 0 spiro atoms. The first kappa shape index (κ1) is 33.5. The van der Waals surface area contributed by atoms with Crippen molar-refractivity contribution in [2.45, 2.75) is 71.5 Å². The molecule has 0 aromatic heterocycles. The lowest BCUT2D eigenvalue weighted by Crippen LogP contribution is -2.48. The highest BCUT2D eigenvalue weighted by atomic mass is 16.6. The lowest BCUT2D eigenvalue weighted by Gasteiger charge is -2.34. The highest BCUT2D eigenvalue weighted by molar-refractivity contribution is 5.95. The molecule has 2 aliphatic rings. The second-order valence-corrected chi connectivity index (χ2v) is 12.3. The van der Waals surface area contributed by atoms with Crippen LogP contribution in [0.5, 0.6) is 11.5 Å². The van der Waals surface area contributed by atoms with E-state index in [0.29, 0.717) is 43.4 Å². The summed E-state index contributed by atoms with van der Waals surface area (Å²) in [7, 11) is 3.23. The molecule has 1 aliphatic heterocycles. The van der Waals surface area contributed by atoms with Gasteiger partial charge in [-0.1, -0.05) is 0 Å². The fourth-order valence-corrected chi connectivity index (χ4v) is 5.32. The fraction of sp³-hybridized carbons (Fsp3) is 0.710. The zero-order valence-electron chi connectivity index (χ0n) is 26.4. The van der Waals surface area contributed by atoms with Gasteiger partial charge in [0, 0.05) is 70.9 Å². The summed E-state index contributed by atoms with van der Waals surface area (Å²) in [5.41, 5.74) is -0.110. The Morgan fingerprint density at radius 3 is 2.33 bits per heavy atom. The summed E-state index contributed by atoms with van der Waals surface area (Å²) in [5, 5.41) is 6.29. The molecular weight excluding hydrogens is 540 g/mol. The van der Waals surface area contributed by atoms with Crippen molar-refractivity contribution in [2.75, 3.05) is 60.2 Å². The normalized spacial score (nSPS) is 18.5. The minimum atomic E-state index is -0.650. The van der Waals surface area contributed by atoms with Crippen LogP contribution < -0.4 is 20.1 Å². The molecule has 0 unspecified atom stereocenters. The molecule has 11 nitrogen and oxygen atoms in total. The molecule has 2 N–H and O–H groups in total. The maximum absolute atomic E-state index is 13.8. The molecule has 1 heterocycles. The molecule has 1 aliphatic carbocycles. The van der Waals surface area contributed by atoms with Gasteiger partial charge in [0.2, 0.25) is 5.91 Å². The molecule has 3 amide bonds. The zero-order valence-corrected chi connectivity index (χ0v) is 26.4. The van der Waals surface area contributed by atoms with Gasteiger partial charge in [0.05, 0.1) is 19.3 Å². The molecule has 236 valence electrons. The number of carbonyl (C=O) groups is 3. The monoisotopic (exact) mass is 590 g/mol. The highest BCUT2D eigenvalue weighted by Gasteiger charge is 2.39. The minimum Gasteiger partial charge on any atom is -0.493 e. The van der Waals surface area contributed by atoms with Crippen LogP contribution in [0, 0.1) is 11.8 Å². The number of carbonyl (C=O) groups excluding carboxylic acids is 3. The second kappa shape index (κ2) is 15.4. The van der Waals surface area contributed by atoms with Crippen molar-refractivity contribution < 1.29 is 33.3 Å². The van der Waals surface area contributed by atoms with Crippen LogP contribution in [-0.2, 0) is 14.3 Å². The summed E-state index contributed by atoms with van der Waals surface area (Å²) in [5.74, 6) is 1.21. The highest BCUT2D eigenvalue weighted by Crippen LogP contribution is 2.32. The summed E-state index contributed by atoms with van der Waals surface area (Å²) in [4.78, 5) is 42.2. The molecular formula is C31H50N4O7. The van der Waals surface area contributed by atoms with Gasteiger partial charge in [0.1, 0.15) is 6.61 Å². The van der Waals surface area contributed by atoms with Crippen LogP contribution >= 0.6 is 0 Å². The van der Waals surface area contributed by atoms with Crippen molar-refractivity contribution in [1.29, 1.82) is 0 Å². The van der Waals surface area contributed by atoms with Crippen LogP contribution in [0.1, 0.15) is 64.2 Å². The van der Waals surface area contributed by atoms with E-state index in [-0.39, 0.29) is 48.4 Å². The van der Waals surface area contributed by atoms with E-state index in [2.05, 4.69) is 10.6 Å². The molecule has 2 atom stereocenters. The lowest BCUT2D eigenvalue weighted by atomic mass is 9.94. The van der Waals surface area contributed by atoms with E-state index in [0.717, 1.165) is 32.4 Å². The smallest absolute Gasteiger partial charge is 0.410 e. The minimum absolute atomic E-state index is 0.0209. The maximum Gasteiger partial charge on any atom is 0.410 e. The Morgan fingerprint density at radius 2 is 1.74 bits per heavy atom. The van der Waals surface area contributed by atoms with Gasteiger partial charge in [-0.3, -0.25) is 9.59 Å². The van der Waals surface area contributed by atoms with Crippen molar-refractivity contribution in [1.82, 2.24) is 20.4 Å². The van der Waals surface area contributed by atoms with Gasteiger partial charge in [-0.25, -0.2) is 4.79 Å². The number of ether oxygens (including phenoxy) is 4. The molecule has 1 saturated heterocycles. The van der Waals surface area contributed by atoms with Gasteiger partial charge in [0.25, 0.3) is 5.91 Å². The third-order valence-corrected chi connectivity index (χ3v) is 7.68. The lowest BCUT2D eigenvalue weighted by molar-refractivity contribution is -0.121. The Hall–Kier alpha value is -3.05. The van der Waals surface area contributed by atoms with Crippen LogP contribution in [-0.4, -0.2) is 106 Å². The Morgan fingerprint density at radius 1 is 1.05 bits per heavy atom. The molecule has 3 rings (SSSR count). The standard InChI is InChI=1S/C31H50N4O7/c1-21(2)34(29(37)23-9-12-27(40-7)28(15-23)41-14-8-13-39-6)18-24-16-32-17-25(24)19-35(26-10-11-26)30(38)42-20-31(4,5)33-22(3)36/h9,12,15,21,24-26,32H,8,10-11,13-14,16-20H2,1-7H3,(H,33,36)/t24-,25-/m0/s1. The predicted molar refractivity (Wildman–Crippen MR) is 160 cm³/mol. The van der Waals surface area contributed by atoms with Gasteiger partial charge < -0.3 is 39.4 Å². The predicted octanol–water partition coefficient (Wildman–Crippen LogP) is 3.31. The summed E-state index contributed by atoms with van der Waals surface area (Å²) in [6.45, 7) is 12.9. The molecule has 0 bridgehead atoms. The van der Waals surface area contributed by atoms with E-state index < -0.39 is 5.54 Å². The van der Waals surface area contributed by atoms with E-state index in [1.165, 1.54) is 6.92 Å². The number of nitrogens with zero attached hydrogens (tertiary/aromatic N) is 2. The fourth-order valence-electron chi connectivity index (χ4n) is 5.32. The van der Waals surface area contributed by atoms with Crippen molar-refractivity contribution in [3.05, 3.63) is 23.8 Å². The van der Waals surface area contributed by atoms with Crippen molar-refractivity contribution >= 4 is 17.9 Å². The first-order valence-electron chi connectivity index (χ1n) is 15.0. The van der Waals surface area contributed by atoms with Gasteiger partial charge in [-0.2, -0.15) is 0 Å². The van der Waals surface area contributed by atoms with Crippen molar-refractivity contribution in [3.8, 4) is 11.5 Å². The summed E-state index contributed by atoms with van der Waals surface area (Å²) < 4.78 is 22.1. The largest absolute Gasteiger partial charge is 0.493 e. The Labute approximate surface area is 250 Å². The molecule has 1 aromatic rings. The third kappa shape index (κ3) is 9.76. The third-order valence-electron chi connectivity index (χ3n) is 7.68. The molecule has 2 fully saturated rings. The maximum atomic E-state index is 13.8. The van der Waals surface area contributed by atoms with E-state index in [1.54, 1.807) is 32.4 Å². The number of nitrogens with one attached hydrogen (secondary N) is 2. The molecule has 1 saturated carbocycles. The van der Waals surface area contributed by atoms with Crippen LogP contribution in [0.15, 0.2) is 18.2 Å². The number of rotatable bonds is 16. The van der Waals surface area contributed by atoms with Crippen LogP contribution in [0.4, 0.5) is 4.79 Å². The van der Waals surface area contributed by atoms with Crippen molar-refractivity contribution in [3.63, 3.8) is 0 Å². The van der Waals surface area contributed by atoms with E-state index in [1.807, 2.05) is 37.5 Å². The SMILES string of the molecule is COCCCOc1cc(C(=O)N(C[C@@H]2CNC[C@H]2CN(C(=O)OCC(C)(C)NC(C)=O)C2CC2)C(C)C)ccc1OC. The molecule has 0 radical (unpaired) electrons. The van der Waals surface area contributed by atoms with E-state index >= 15 is 0 Å².